The van der Waals surface area contributed by atoms with E-state index < -0.39 is 6.10 Å². The standard InChI is InChI=1S/C18H23FN2O2S/c19-16-1-3-18(4-2-16)23-13-17(22)12-21-8-6-20(7-9-21)11-15-5-10-24-14-15/h1-5,10,14,17,22H,6-9,11-13H2. The number of halogens is 1. The van der Waals surface area contributed by atoms with Gasteiger partial charge in [-0.15, -0.1) is 0 Å². The molecule has 1 saturated heterocycles. The molecule has 1 N–H and O–H groups in total. The van der Waals surface area contributed by atoms with E-state index in [1.807, 2.05) is 0 Å². The quantitative estimate of drug-likeness (QED) is 0.832. The summed E-state index contributed by atoms with van der Waals surface area (Å²) in [5.74, 6) is 0.291. The van der Waals surface area contributed by atoms with Gasteiger partial charge in [-0.25, -0.2) is 4.39 Å². The predicted molar refractivity (Wildman–Crippen MR) is 93.9 cm³/mol. The lowest BCUT2D eigenvalue weighted by Gasteiger charge is -2.35. The topological polar surface area (TPSA) is 35.9 Å². The van der Waals surface area contributed by atoms with Crippen LogP contribution in [0.15, 0.2) is 41.1 Å². The Hall–Kier alpha value is -1.47. The summed E-state index contributed by atoms with van der Waals surface area (Å²) in [6, 6.07) is 8.03. The Bertz CT molecular complexity index is 598. The number of aliphatic hydroxyl groups is 1. The van der Waals surface area contributed by atoms with Gasteiger partial charge >= 0.3 is 0 Å². The van der Waals surface area contributed by atoms with Gasteiger partial charge in [0.2, 0.25) is 0 Å². The first-order valence-electron chi connectivity index (χ1n) is 8.21. The van der Waals surface area contributed by atoms with Crippen LogP contribution in [0.1, 0.15) is 5.56 Å². The fraction of sp³-hybridized carbons (Fsp3) is 0.444. The third-order valence-electron chi connectivity index (χ3n) is 4.18. The van der Waals surface area contributed by atoms with Gasteiger partial charge in [0, 0.05) is 39.3 Å². The lowest BCUT2D eigenvalue weighted by atomic mass is 10.2. The average molecular weight is 350 g/mol. The van der Waals surface area contributed by atoms with E-state index in [1.165, 1.54) is 17.7 Å². The van der Waals surface area contributed by atoms with E-state index in [2.05, 4.69) is 26.6 Å². The van der Waals surface area contributed by atoms with Crippen LogP contribution in [0.3, 0.4) is 0 Å². The predicted octanol–water partition coefficient (Wildman–Crippen LogP) is 2.44. The molecule has 1 aliphatic heterocycles. The summed E-state index contributed by atoms with van der Waals surface area (Å²) < 4.78 is 18.3. The molecule has 130 valence electrons. The van der Waals surface area contributed by atoms with Crippen molar-refractivity contribution in [1.29, 1.82) is 0 Å². The molecule has 4 nitrogen and oxygen atoms in total. The van der Waals surface area contributed by atoms with Crippen LogP contribution in [0.25, 0.3) is 0 Å². The summed E-state index contributed by atoms with van der Waals surface area (Å²) >= 11 is 1.74. The highest BCUT2D eigenvalue weighted by atomic mass is 32.1. The molecule has 0 aliphatic carbocycles. The van der Waals surface area contributed by atoms with E-state index in [9.17, 15) is 9.50 Å². The highest BCUT2D eigenvalue weighted by Gasteiger charge is 2.19. The van der Waals surface area contributed by atoms with Gasteiger partial charge in [0.1, 0.15) is 24.3 Å². The van der Waals surface area contributed by atoms with Crippen molar-refractivity contribution >= 4 is 11.3 Å². The maximum Gasteiger partial charge on any atom is 0.123 e. The van der Waals surface area contributed by atoms with Crippen LogP contribution in [0.5, 0.6) is 5.75 Å². The number of rotatable bonds is 7. The summed E-state index contributed by atoms with van der Waals surface area (Å²) in [6.45, 7) is 5.78. The molecule has 1 aliphatic rings. The average Bonchev–Trinajstić information content (AvgIpc) is 3.09. The zero-order chi connectivity index (χ0) is 16.8. The second kappa shape index (κ2) is 8.58. The molecule has 0 bridgehead atoms. The van der Waals surface area contributed by atoms with E-state index in [4.69, 9.17) is 4.74 Å². The van der Waals surface area contributed by atoms with E-state index >= 15 is 0 Å². The Kier molecular flexibility index (Phi) is 6.20. The van der Waals surface area contributed by atoms with Crippen LogP contribution in [0.4, 0.5) is 4.39 Å². The van der Waals surface area contributed by atoms with Gasteiger partial charge in [-0.05, 0) is 46.7 Å². The maximum atomic E-state index is 12.8. The smallest absolute Gasteiger partial charge is 0.123 e. The second-order valence-corrected chi connectivity index (χ2v) is 6.91. The third kappa shape index (κ3) is 5.27. The largest absolute Gasteiger partial charge is 0.491 e. The number of β-amino-alcohol motifs (C(OH)–C–C–N with tert-alkyl or cyclic N) is 1. The number of aliphatic hydroxyl groups excluding tert-OH is 1. The molecular formula is C18H23FN2O2S. The number of thiophene rings is 1. The Labute approximate surface area is 146 Å². The number of piperazine rings is 1. The van der Waals surface area contributed by atoms with Crippen molar-refractivity contribution in [3.8, 4) is 5.75 Å². The lowest BCUT2D eigenvalue weighted by Crippen LogP contribution is -2.48. The van der Waals surface area contributed by atoms with Gasteiger partial charge < -0.3 is 9.84 Å². The van der Waals surface area contributed by atoms with Crippen LogP contribution in [0, 0.1) is 5.82 Å². The highest BCUT2D eigenvalue weighted by molar-refractivity contribution is 7.07. The van der Waals surface area contributed by atoms with Crippen molar-refractivity contribution in [2.75, 3.05) is 39.3 Å². The van der Waals surface area contributed by atoms with Crippen LogP contribution in [-0.4, -0.2) is 60.3 Å². The number of benzene rings is 1. The van der Waals surface area contributed by atoms with Gasteiger partial charge in [-0.1, -0.05) is 0 Å². The first-order valence-corrected chi connectivity index (χ1v) is 9.15. The van der Waals surface area contributed by atoms with Crippen LogP contribution >= 0.6 is 11.3 Å². The number of nitrogens with zero attached hydrogens (tertiary/aromatic N) is 2. The van der Waals surface area contributed by atoms with Crippen molar-refractivity contribution in [2.45, 2.75) is 12.6 Å². The Morgan fingerprint density at radius 3 is 2.46 bits per heavy atom. The Morgan fingerprint density at radius 2 is 1.79 bits per heavy atom. The summed E-state index contributed by atoms with van der Waals surface area (Å²) in [4.78, 5) is 4.71. The lowest BCUT2D eigenvalue weighted by molar-refractivity contribution is 0.0446. The SMILES string of the molecule is OC(COc1ccc(F)cc1)CN1CCN(Cc2ccsc2)CC1. The molecular weight excluding hydrogens is 327 g/mol. The number of hydrogen-bond donors (Lipinski definition) is 1. The minimum absolute atomic E-state index is 0.223. The molecule has 3 rings (SSSR count). The molecule has 6 heteroatoms. The van der Waals surface area contributed by atoms with Crippen molar-refractivity contribution in [1.82, 2.24) is 9.80 Å². The van der Waals surface area contributed by atoms with Gasteiger partial charge in [-0.3, -0.25) is 9.80 Å². The first kappa shape index (κ1) is 17.4. The third-order valence-corrected chi connectivity index (χ3v) is 4.91. The van der Waals surface area contributed by atoms with E-state index in [0.717, 1.165) is 32.7 Å². The molecule has 0 amide bonds. The van der Waals surface area contributed by atoms with Crippen molar-refractivity contribution in [3.05, 3.63) is 52.5 Å². The van der Waals surface area contributed by atoms with Gasteiger partial charge in [0.25, 0.3) is 0 Å². The van der Waals surface area contributed by atoms with Gasteiger partial charge in [-0.2, -0.15) is 11.3 Å². The molecule has 24 heavy (non-hydrogen) atoms. The molecule has 0 saturated carbocycles. The van der Waals surface area contributed by atoms with E-state index in [-0.39, 0.29) is 12.4 Å². The molecule has 2 aromatic rings. The minimum Gasteiger partial charge on any atom is -0.491 e. The number of hydrogen-bond acceptors (Lipinski definition) is 5. The van der Waals surface area contributed by atoms with Gasteiger partial charge in [0.15, 0.2) is 0 Å². The van der Waals surface area contributed by atoms with Crippen LogP contribution in [0.2, 0.25) is 0 Å². The fourth-order valence-electron chi connectivity index (χ4n) is 2.84. The van der Waals surface area contributed by atoms with Crippen LogP contribution < -0.4 is 4.74 Å². The van der Waals surface area contributed by atoms with Crippen LogP contribution in [-0.2, 0) is 6.54 Å². The molecule has 2 heterocycles. The summed E-state index contributed by atoms with van der Waals surface area (Å²) in [5.41, 5.74) is 1.38. The van der Waals surface area contributed by atoms with Crippen molar-refractivity contribution < 1.29 is 14.2 Å². The summed E-state index contributed by atoms with van der Waals surface area (Å²) in [5, 5.41) is 14.4. The minimum atomic E-state index is -0.543. The zero-order valence-corrected chi connectivity index (χ0v) is 14.4. The second-order valence-electron chi connectivity index (χ2n) is 6.13. The van der Waals surface area contributed by atoms with E-state index in [1.54, 1.807) is 23.5 Å². The van der Waals surface area contributed by atoms with Crippen molar-refractivity contribution in [2.24, 2.45) is 0 Å². The fourth-order valence-corrected chi connectivity index (χ4v) is 3.50. The monoisotopic (exact) mass is 350 g/mol. The molecule has 0 radical (unpaired) electrons. The Balaban J connectivity index is 1.35. The van der Waals surface area contributed by atoms with E-state index in [0.29, 0.717) is 12.3 Å². The molecule has 0 spiro atoms. The molecule has 1 fully saturated rings. The summed E-state index contributed by atoms with van der Waals surface area (Å²) in [7, 11) is 0. The first-order chi connectivity index (χ1) is 11.7. The normalized spacial score (nSPS) is 17.8. The highest BCUT2D eigenvalue weighted by Crippen LogP contribution is 2.13. The molecule has 1 aromatic carbocycles. The maximum absolute atomic E-state index is 12.8. The van der Waals surface area contributed by atoms with Gasteiger partial charge in [0.05, 0.1) is 0 Å². The number of ether oxygens (including phenoxy) is 1. The summed E-state index contributed by atoms with van der Waals surface area (Å²) in [6.07, 6.45) is -0.543. The Morgan fingerprint density at radius 1 is 1.08 bits per heavy atom. The van der Waals surface area contributed by atoms with Crippen molar-refractivity contribution in [3.63, 3.8) is 0 Å². The zero-order valence-electron chi connectivity index (χ0n) is 13.6. The molecule has 1 atom stereocenters. The molecule has 1 unspecified atom stereocenters. The molecule has 1 aromatic heterocycles.